The minimum atomic E-state index is -0.0895. The fourth-order valence-electron chi connectivity index (χ4n) is 4.00. The van der Waals surface area contributed by atoms with Gasteiger partial charge in [-0.15, -0.1) is 0 Å². The van der Waals surface area contributed by atoms with Crippen molar-refractivity contribution in [3.05, 3.63) is 89.0 Å². The SMILES string of the molecule is O=C(c1cccc2c1OCO2)N1CCOc2ccc(COCCc3ccccc3)cc2C1. The first-order chi connectivity index (χ1) is 15.8. The Morgan fingerprint density at radius 1 is 0.906 bits per heavy atom. The molecule has 2 aliphatic rings. The summed E-state index contributed by atoms with van der Waals surface area (Å²) < 4.78 is 22.7. The third-order valence-electron chi connectivity index (χ3n) is 5.67. The molecule has 0 aromatic heterocycles. The maximum atomic E-state index is 13.3. The maximum Gasteiger partial charge on any atom is 0.258 e. The normalized spacial score (nSPS) is 14.4. The Labute approximate surface area is 187 Å². The molecule has 3 aromatic rings. The van der Waals surface area contributed by atoms with E-state index in [1.54, 1.807) is 11.0 Å². The van der Waals surface area contributed by atoms with Gasteiger partial charge in [0.2, 0.25) is 6.79 Å². The molecule has 2 aliphatic heterocycles. The van der Waals surface area contributed by atoms with Crippen molar-refractivity contribution in [3.8, 4) is 17.2 Å². The van der Waals surface area contributed by atoms with Crippen LogP contribution < -0.4 is 14.2 Å². The highest BCUT2D eigenvalue weighted by molar-refractivity contribution is 5.98. The van der Waals surface area contributed by atoms with Crippen LogP contribution in [0.4, 0.5) is 0 Å². The summed E-state index contributed by atoms with van der Waals surface area (Å²) in [5.74, 6) is 1.85. The predicted molar refractivity (Wildman–Crippen MR) is 119 cm³/mol. The van der Waals surface area contributed by atoms with Gasteiger partial charge in [-0.1, -0.05) is 42.5 Å². The lowest BCUT2D eigenvalue weighted by Crippen LogP contribution is -2.32. The van der Waals surface area contributed by atoms with Crippen molar-refractivity contribution in [2.75, 3.05) is 26.6 Å². The second-order valence-corrected chi connectivity index (χ2v) is 7.84. The molecule has 0 N–H and O–H groups in total. The first kappa shape index (κ1) is 20.4. The number of para-hydroxylation sites is 1. The minimum Gasteiger partial charge on any atom is -0.491 e. The van der Waals surface area contributed by atoms with Gasteiger partial charge >= 0.3 is 0 Å². The van der Waals surface area contributed by atoms with E-state index >= 15 is 0 Å². The van der Waals surface area contributed by atoms with E-state index in [1.165, 1.54) is 5.56 Å². The Hall–Kier alpha value is -3.51. The van der Waals surface area contributed by atoms with Crippen LogP contribution in [0.3, 0.4) is 0 Å². The summed E-state index contributed by atoms with van der Waals surface area (Å²) in [7, 11) is 0. The van der Waals surface area contributed by atoms with Gasteiger partial charge in [0, 0.05) is 12.1 Å². The number of fused-ring (bicyclic) bond motifs is 2. The van der Waals surface area contributed by atoms with Crippen LogP contribution in [0, 0.1) is 0 Å². The zero-order valence-corrected chi connectivity index (χ0v) is 17.8. The molecule has 5 rings (SSSR count). The molecule has 0 saturated heterocycles. The smallest absolute Gasteiger partial charge is 0.258 e. The molecule has 0 atom stereocenters. The number of nitrogens with zero attached hydrogens (tertiary/aromatic N) is 1. The second-order valence-electron chi connectivity index (χ2n) is 7.84. The number of benzene rings is 3. The van der Waals surface area contributed by atoms with Crippen LogP contribution in [-0.4, -0.2) is 37.4 Å². The van der Waals surface area contributed by atoms with Crippen molar-refractivity contribution >= 4 is 5.91 Å². The lowest BCUT2D eigenvalue weighted by molar-refractivity contribution is 0.0728. The van der Waals surface area contributed by atoms with Crippen LogP contribution in [0.15, 0.2) is 66.7 Å². The molecule has 0 spiro atoms. The summed E-state index contributed by atoms with van der Waals surface area (Å²) in [6.07, 6.45) is 0.879. The van der Waals surface area contributed by atoms with Crippen LogP contribution in [-0.2, 0) is 24.3 Å². The van der Waals surface area contributed by atoms with Gasteiger partial charge in [-0.05, 0) is 41.8 Å². The van der Waals surface area contributed by atoms with E-state index in [9.17, 15) is 4.79 Å². The van der Waals surface area contributed by atoms with E-state index in [2.05, 4.69) is 18.2 Å². The zero-order chi connectivity index (χ0) is 21.8. The number of carbonyl (C=O) groups excluding carboxylic acids is 1. The first-order valence-corrected chi connectivity index (χ1v) is 10.8. The Morgan fingerprint density at radius 3 is 2.72 bits per heavy atom. The summed E-state index contributed by atoms with van der Waals surface area (Å²) in [5, 5.41) is 0. The summed E-state index contributed by atoms with van der Waals surface area (Å²) in [6.45, 7) is 2.73. The molecule has 0 unspecified atom stereocenters. The summed E-state index contributed by atoms with van der Waals surface area (Å²) in [4.78, 5) is 15.1. The Morgan fingerprint density at radius 2 is 1.81 bits per heavy atom. The summed E-state index contributed by atoms with van der Waals surface area (Å²) in [6, 6.07) is 21.8. The van der Waals surface area contributed by atoms with Crippen LogP contribution in [0.2, 0.25) is 0 Å². The highest BCUT2D eigenvalue weighted by Crippen LogP contribution is 2.36. The van der Waals surface area contributed by atoms with Gasteiger partial charge in [-0.3, -0.25) is 4.79 Å². The molecule has 0 bridgehead atoms. The van der Waals surface area contributed by atoms with E-state index in [1.807, 2.05) is 42.5 Å². The monoisotopic (exact) mass is 431 g/mol. The van der Waals surface area contributed by atoms with Crippen LogP contribution in [0.1, 0.15) is 27.0 Å². The molecule has 0 fully saturated rings. The number of rotatable bonds is 6. The fourth-order valence-corrected chi connectivity index (χ4v) is 4.00. The van der Waals surface area contributed by atoms with Crippen molar-refractivity contribution in [3.63, 3.8) is 0 Å². The van der Waals surface area contributed by atoms with E-state index in [0.29, 0.717) is 50.0 Å². The van der Waals surface area contributed by atoms with Crippen molar-refractivity contribution in [2.45, 2.75) is 19.6 Å². The molecular weight excluding hydrogens is 406 g/mol. The zero-order valence-electron chi connectivity index (χ0n) is 17.8. The Kier molecular flexibility index (Phi) is 5.94. The number of ether oxygens (including phenoxy) is 4. The topological polar surface area (TPSA) is 57.2 Å². The van der Waals surface area contributed by atoms with Crippen molar-refractivity contribution in [1.29, 1.82) is 0 Å². The van der Waals surface area contributed by atoms with Gasteiger partial charge in [0.05, 0.1) is 25.3 Å². The van der Waals surface area contributed by atoms with Gasteiger partial charge < -0.3 is 23.8 Å². The molecule has 2 heterocycles. The van der Waals surface area contributed by atoms with E-state index in [4.69, 9.17) is 18.9 Å². The van der Waals surface area contributed by atoms with Crippen molar-refractivity contribution < 1.29 is 23.7 Å². The first-order valence-electron chi connectivity index (χ1n) is 10.8. The van der Waals surface area contributed by atoms with Gasteiger partial charge in [-0.2, -0.15) is 0 Å². The molecule has 164 valence electrons. The molecule has 0 aliphatic carbocycles. The highest BCUT2D eigenvalue weighted by Gasteiger charge is 2.27. The summed E-state index contributed by atoms with van der Waals surface area (Å²) >= 11 is 0. The van der Waals surface area contributed by atoms with Crippen molar-refractivity contribution in [1.82, 2.24) is 4.90 Å². The number of amides is 1. The lowest BCUT2D eigenvalue weighted by atomic mass is 10.1. The minimum absolute atomic E-state index is 0.0895. The summed E-state index contributed by atoms with van der Waals surface area (Å²) in [5.41, 5.74) is 3.82. The standard InChI is InChI=1S/C26H25NO5/c28-26(22-7-4-8-24-25(22)32-18-31-24)27-12-14-30-23-10-9-20(15-21(23)16-27)17-29-13-11-19-5-2-1-3-6-19/h1-10,15H,11-14,16-18H2. The van der Waals surface area contributed by atoms with Gasteiger partial charge in [-0.25, -0.2) is 0 Å². The molecule has 0 radical (unpaired) electrons. The van der Waals surface area contributed by atoms with Crippen LogP contribution in [0.5, 0.6) is 17.2 Å². The number of carbonyl (C=O) groups is 1. The Balaban J connectivity index is 1.25. The predicted octanol–water partition coefficient (Wildman–Crippen LogP) is 4.21. The fraction of sp³-hybridized carbons (Fsp3) is 0.269. The largest absolute Gasteiger partial charge is 0.491 e. The molecule has 0 saturated carbocycles. The average molecular weight is 431 g/mol. The van der Waals surface area contributed by atoms with Crippen LogP contribution in [0.25, 0.3) is 0 Å². The maximum absolute atomic E-state index is 13.3. The van der Waals surface area contributed by atoms with Crippen LogP contribution >= 0.6 is 0 Å². The average Bonchev–Trinajstić information content (AvgIpc) is 3.21. The lowest BCUT2D eigenvalue weighted by Gasteiger charge is -2.20. The van der Waals surface area contributed by atoms with Gasteiger partial charge in [0.25, 0.3) is 5.91 Å². The molecular formula is C26H25NO5. The quantitative estimate of drug-likeness (QED) is 0.548. The number of hydrogen-bond donors (Lipinski definition) is 0. The molecule has 3 aromatic carbocycles. The third-order valence-corrected chi connectivity index (χ3v) is 5.67. The molecule has 1 amide bonds. The highest BCUT2D eigenvalue weighted by atomic mass is 16.7. The van der Waals surface area contributed by atoms with E-state index in [-0.39, 0.29) is 12.7 Å². The van der Waals surface area contributed by atoms with Gasteiger partial charge in [0.1, 0.15) is 12.4 Å². The molecule has 6 nitrogen and oxygen atoms in total. The van der Waals surface area contributed by atoms with Crippen molar-refractivity contribution in [2.24, 2.45) is 0 Å². The second kappa shape index (κ2) is 9.32. The number of hydrogen-bond acceptors (Lipinski definition) is 5. The molecule has 32 heavy (non-hydrogen) atoms. The van der Waals surface area contributed by atoms with E-state index < -0.39 is 0 Å². The Bertz CT molecular complexity index is 1100. The van der Waals surface area contributed by atoms with E-state index in [0.717, 1.165) is 23.3 Å². The van der Waals surface area contributed by atoms with Gasteiger partial charge in [0.15, 0.2) is 11.5 Å². The third kappa shape index (κ3) is 4.41. The molecule has 6 heteroatoms.